The Morgan fingerprint density at radius 2 is 1.12 bits per heavy atom. The van der Waals surface area contributed by atoms with Crippen LogP contribution in [0.2, 0.25) is 0 Å². The van der Waals surface area contributed by atoms with Crippen LogP contribution in [0.3, 0.4) is 0 Å². The predicted molar refractivity (Wildman–Crippen MR) is 131 cm³/mol. The number of hydrogen-bond acceptors (Lipinski definition) is 2. The number of carbonyl (C=O) groups excluding carboxylic acids is 2. The van der Waals surface area contributed by atoms with Gasteiger partial charge in [-0.3, -0.25) is 9.59 Å². The van der Waals surface area contributed by atoms with Gasteiger partial charge in [-0.05, 0) is 81.6 Å². The van der Waals surface area contributed by atoms with E-state index in [1.807, 2.05) is 13.8 Å². The van der Waals surface area contributed by atoms with Crippen LogP contribution in [0, 0.1) is 23.3 Å². The van der Waals surface area contributed by atoms with Crippen molar-refractivity contribution in [3.8, 4) is 0 Å². The number of rotatable bonds is 6. The fourth-order valence-corrected chi connectivity index (χ4v) is 3.65. The highest BCUT2D eigenvalue weighted by molar-refractivity contribution is 9.10. The molecule has 3 nitrogen and oxygen atoms in total. The molecule has 2 rings (SSSR count). The van der Waals surface area contributed by atoms with Crippen molar-refractivity contribution in [3.05, 3.63) is 67.6 Å². The van der Waals surface area contributed by atoms with E-state index in [9.17, 15) is 27.2 Å². The van der Waals surface area contributed by atoms with Crippen LogP contribution in [0.5, 0.6) is 0 Å². The lowest BCUT2D eigenvalue weighted by molar-refractivity contribution is 0.0771. The van der Waals surface area contributed by atoms with E-state index in [1.54, 1.807) is 0 Å². The first-order chi connectivity index (χ1) is 15.4. The fraction of sp³-hybridized carbons (Fsp3) is 0.391. The molecule has 0 radical (unpaired) electrons. The molecular weight excluding hydrogens is 594 g/mol. The highest BCUT2D eigenvalue weighted by atomic mass is 79.9. The summed E-state index contributed by atoms with van der Waals surface area (Å²) >= 11 is 11.0. The lowest BCUT2D eigenvalue weighted by Crippen LogP contribution is -2.30. The van der Waals surface area contributed by atoms with Crippen LogP contribution < -0.4 is 0 Å². The van der Waals surface area contributed by atoms with Crippen molar-refractivity contribution < 1.29 is 27.2 Å². The van der Waals surface area contributed by atoms with Gasteiger partial charge in [0.2, 0.25) is 0 Å². The maximum atomic E-state index is 13.0. The van der Waals surface area contributed by atoms with Crippen LogP contribution in [0.15, 0.2) is 33.2 Å². The van der Waals surface area contributed by atoms with Gasteiger partial charge in [0.1, 0.15) is 0 Å². The zero-order valence-corrected chi connectivity index (χ0v) is 22.7. The topological polar surface area (TPSA) is 37.4 Å². The third kappa shape index (κ3) is 10.6. The van der Waals surface area contributed by atoms with Crippen molar-refractivity contribution >= 4 is 54.6 Å². The van der Waals surface area contributed by atoms with Crippen LogP contribution in [0.1, 0.15) is 67.7 Å². The molecule has 0 aliphatic carbocycles. The molecular formula is C23H26Br2ClF4NO2. The monoisotopic (exact) mass is 617 g/mol. The van der Waals surface area contributed by atoms with Crippen molar-refractivity contribution in [1.82, 2.24) is 4.90 Å². The minimum Gasteiger partial charge on any atom is -0.339 e. The smallest absolute Gasteiger partial charge is 0.255 e. The molecule has 0 spiro atoms. The summed E-state index contributed by atoms with van der Waals surface area (Å²) in [6.45, 7) is 9.14. The standard InChI is InChI=1S/C11H12BrF2NO.C7H2BrClF2O.C5H12/c1-3-15(4-2)11(16)7-5-9(13)10(14)6-8(7)12;8-4-2-6(11)5(10)1-3(4)7(9)12;1-3-5-4-2/h5-6H,3-4H2,1-2H3;1-2H;3-5H2,1-2H3. The molecule has 0 saturated heterocycles. The number of benzene rings is 2. The quantitative estimate of drug-likeness (QED) is 0.185. The Kier molecular flexibility index (Phi) is 15.5. The van der Waals surface area contributed by atoms with Gasteiger partial charge in [0.25, 0.3) is 11.1 Å². The summed E-state index contributed by atoms with van der Waals surface area (Å²) < 4.78 is 51.3. The van der Waals surface area contributed by atoms with Crippen LogP contribution in [0.4, 0.5) is 17.6 Å². The van der Waals surface area contributed by atoms with Crippen LogP contribution in [-0.2, 0) is 0 Å². The predicted octanol–water partition coefficient (Wildman–Crippen LogP) is 8.51. The maximum Gasteiger partial charge on any atom is 0.255 e. The summed E-state index contributed by atoms with van der Waals surface area (Å²) in [6, 6.07) is 3.48. The van der Waals surface area contributed by atoms with Crippen LogP contribution in [0.25, 0.3) is 0 Å². The average molecular weight is 620 g/mol. The molecule has 0 heterocycles. The summed E-state index contributed by atoms with van der Waals surface area (Å²) in [5.74, 6) is -4.41. The molecule has 0 N–H and O–H groups in total. The molecule has 2 aromatic carbocycles. The Labute approximate surface area is 213 Å². The van der Waals surface area contributed by atoms with Crippen molar-refractivity contribution in [2.45, 2.75) is 47.0 Å². The van der Waals surface area contributed by atoms with Crippen molar-refractivity contribution in [2.75, 3.05) is 13.1 Å². The number of halogens is 7. The lowest BCUT2D eigenvalue weighted by Gasteiger charge is -2.19. The summed E-state index contributed by atoms with van der Waals surface area (Å²) in [5, 5.41) is -0.833. The number of carbonyl (C=O) groups is 2. The SMILES string of the molecule is CCCCC.CCN(CC)C(=O)c1cc(F)c(F)cc1Br.O=C(Cl)c1cc(F)c(F)cc1Br. The van der Waals surface area contributed by atoms with Crippen LogP contribution >= 0.6 is 43.5 Å². The summed E-state index contributed by atoms with van der Waals surface area (Å²) in [5.41, 5.74) is 0.0539. The molecule has 0 atom stereocenters. The number of nitrogens with zero attached hydrogens (tertiary/aromatic N) is 1. The number of hydrogen-bond donors (Lipinski definition) is 0. The van der Waals surface area contributed by atoms with Gasteiger partial charge in [-0.15, -0.1) is 0 Å². The molecule has 0 aliphatic rings. The van der Waals surface area contributed by atoms with Gasteiger partial charge in [-0.2, -0.15) is 0 Å². The first kappa shape index (κ1) is 31.6. The first-order valence-electron chi connectivity index (χ1n) is 10.2. The molecule has 0 bridgehead atoms. The van der Waals surface area contributed by atoms with Gasteiger partial charge in [-0.1, -0.05) is 33.1 Å². The number of amides is 1. The molecule has 2 aromatic rings. The van der Waals surface area contributed by atoms with Crippen molar-refractivity contribution in [1.29, 1.82) is 0 Å². The second-order valence-corrected chi connectivity index (χ2v) is 8.65. The third-order valence-electron chi connectivity index (χ3n) is 4.22. The molecule has 0 fully saturated rings. The summed E-state index contributed by atoms with van der Waals surface area (Å²) in [6.07, 6.45) is 4.08. The third-order valence-corrected chi connectivity index (χ3v) is 5.74. The van der Waals surface area contributed by atoms with Gasteiger partial charge < -0.3 is 4.90 Å². The Morgan fingerprint density at radius 1 is 0.758 bits per heavy atom. The minimum atomic E-state index is -1.10. The lowest BCUT2D eigenvalue weighted by atomic mass is 10.2. The molecule has 0 saturated carbocycles. The van der Waals surface area contributed by atoms with E-state index in [-0.39, 0.29) is 26.0 Å². The second-order valence-electron chi connectivity index (χ2n) is 6.60. The summed E-state index contributed by atoms with van der Waals surface area (Å²) in [4.78, 5) is 24.0. The highest BCUT2D eigenvalue weighted by Gasteiger charge is 2.18. The molecule has 184 valence electrons. The van der Waals surface area contributed by atoms with E-state index in [0.717, 1.165) is 24.3 Å². The Morgan fingerprint density at radius 3 is 1.45 bits per heavy atom. The van der Waals surface area contributed by atoms with E-state index in [4.69, 9.17) is 11.6 Å². The zero-order chi connectivity index (χ0) is 25.7. The minimum absolute atomic E-state index is 0.0874. The van der Waals surface area contributed by atoms with Gasteiger partial charge in [0.05, 0.1) is 11.1 Å². The highest BCUT2D eigenvalue weighted by Crippen LogP contribution is 2.23. The maximum absolute atomic E-state index is 13.0. The van der Waals surface area contributed by atoms with Gasteiger partial charge in [0, 0.05) is 22.0 Å². The Balaban J connectivity index is 0.000000530. The summed E-state index contributed by atoms with van der Waals surface area (Å²) in [7, 11) is 0. The van der Waals surface area contributed by atoms with Crippen molar-refractivity contribution in [2.24, 2.45) is 0 Å². The first-order valence-corrected chi connectivity index (χ1v) is 12.2. The average Bonchev–Trinajstić information content (AvgIpc) is 2.75. The van der Waals surface area contributed by atoms with E-state index in [0.29, 0.717) is 13.1 Å². The van der Waals surface area contributed by atoms with E-state index in [1.165, 1.54) is 24.2 Å². The Bertz CT molecular complexity index is 939. The molecule has 33 heavy (non-hydrogen) atoms. The normalized spacial score (nSPS) is 9.91. The molecule has 1 amide bonds. The molecule has 10 heteroatoms. The van der Waals surface area contributed by atoms with E-state index in [2.05, 4.69) is 45.7 Å². The molecule has 0 aromatic heterocycles. The zero-order valence-electron chi connectivity index (χ0n) is 18.8. The van der Waals surface area contributed by atoms with Crippen molar-refractivity contribution in [3.63, 3.8) is 0 Å². The van der Waals surface area contributed by atoms with Crippen LogP contribution in [-0.4, -0.2) is 29.1 Å². The molecule has 0 unspecified atom stereocenters. The van der Waals surface area contributed by atoms with E-state index >= 15 is 0 Å². The van der Waals surface area contributed by atoms with Gasteiger partial charge in [0.15, 0.2) is 23.3 Å². The Hall–Kier alpha value is -1.45. The number of unbranched alkanes of at least 4 members (excludes halogenated alkanes) is 2. The fourth-order valence-electron chi connectivity index (χ4n) is 2.39. The second kappa shape index (κ2) is 16.2. The van der Waals surface area contributed by atoms with E-state index < -0.39 is 28.5 Å². The molecule has 0 aliphatic heterocycles. The van der Waals surface area contributed by atoms with Gasteiger partial charge in [-0.25, -0.2) is 17.6 Å². The largest absolute Gasteiger partial charge is 0.339 e. The van der Waals surface area contributed by atoms with Gasteiger partial charge >= 0.3 is 0 Å².